The molecule has 0 aliphatic heterocycles. The van der Waals surface area contributed by atoms with Gasteiger partial charge < -0.3 is 27.9 Å². The molecule has 0 bridgehead atoms. The lowest BCUT2D eigenvalue weighted by atomic mass is 10.1. The number of carbonyl (C=O) groups is 2. The van der Waals surface area contributed by atoms with E-state index in [9.17, 15) is 19.0 Å². The summed E-state index contributed by atoms with van der Waals surface area (Å²) in [5.74, 6) is -0.883. The highest BCUT2D eigenvalue weighted by atomic mass is 31.2. The molecule has 0 saturated heterocycles. The minimum atomic E-state index is -4.64. The number of hydrogen-bond donors (Lipinski definition) is 0. The first-order valence-electron chi connectivity index (χ1n) is 22.6. The fraction of sp³-hybridized carbons (Fsp3) is 0.708. The van der Waals surface area contributed by atoms with Crippen molar-refractivity contribution in [2.75, 3.05) is 47.5 Å². The van der Waals surface area contributed by atoms with Gasteiger partial charge in [-0.25, -0.2) is 0 Å². The molecule has 2 atom stereocenters. The van der Waals surface area contributed by atoms with E-state index in [1.807, 2.05) is 21.1 Å². The Morgan fingerprint density at radius 3 is 1.50 bits per heavy atom. The van der Waals surface area contributed by atoms with Crippen LogP contribution in [0, 0.1) is 0 Å². The van der Waals surface area contributed by atoms with Crippen LogP contribution in [-0.4, -0.2) is 70.0 Å². The average molecular weight is 834 g/mol. The Kier molecular flexibility index (Phi) is 38.1. The predicted octanol–water partition coefficient (Wildman–Crippen LogP) is 12.4. The van der Waals surface area contributed by atoms with Gasteiger partial charge in [-0.05, 0) is 83.5 Å². The molecule has 0 aromatic carbocycles. The third kappa shape index (κ3) is 43.0. The fourth-order valence-electron chi connectivity index (χ4n) is 5.67. The second-order valence-corrected chi connectivity index (χ2v) is 17.4. The van der Waals surface area contributed by atoms with Gasteiger partial charge in [0.05, 0.1) is 27.7 Å². The van der Waals surface area contributed by atoms with Gasteiger partial charge in [0.1, 0.15) is 19.8 Å². The van der Waals surface area contributed by atoms with E-state index >= 15 is 0 Å². The van der Waals surface area contributed by atoms with Gasteiger partial charge in [-0.2, -0.15) is 0 Å². The van der Waals surface area contributed by atoms with Gasteiger partial charge in [-0.3, -0.25) is 14.2 Å². The number of ether oxygens (including phenoxy) is 2. The molecule has 9 nitrogen and oxygen atoms in total. The van der Waals surface area contributed by atoms with Crippen LogP contribution in [0.1, 0.15) is 168 Å². The first-order valence-corrected chi connectivity index (χ1v) is 24.1. The Morgan fingerprint density at radius 2 is 0.983 bits per heavy atom. The number of quaternary nitrogens is 1. The van der Waals surface area contributed by atoms with Crippen molar-refractivity contribution < 1.29 is 42.1 Å². The van der Waals surface area contributed by atoms with Crippen LogP contribution in [0.5, 0.6) is 0 Å². The summed E-state index contributed by atoms with van der Waals surface area (Å²) < 4.78 is 33.9. The Hall–Kier alpha value is -2.55. The third-order valence-corrected chi connectivity index (χ3v) is 10.2. The van der Waals surface area contributed by atoms with Crippen LogP contribution < -0.4 is 4.89 Å². The molecule has 0 amide bonds. The zero-order valence-electron chi connectivity index (χ0n) is 37.5. The van der Waals surface area contributed by atoms with Crippen molar-refractivity contribution in [3.8, 4) is 0 Å². The number of esters is 2. The molecule has 0 fully saturated rings. The molecule has 0 heterocycles. The van der Waals surface area contributed by atoms with Gasteiger partial charge in [0.15, 0.2) is 6.10 Å². The van der Waals surface area contributed by atoms with E-state index in [2.05, 4.69) is 86.8 Å². The Balaban J connectivity index is 4.42. The van der Waals surface area contributed by atoms with Crippen molar-refractivity contribution >= 4 is 19.8 Å². The standard InChI is InChI=1S/C48H84NO8P/c1-6-8-10-12-14-16-18-20-22-23-24-25-27-28-30-32-34-36-38-40-47(50)54-44-46(45-56-58(52,53)55-43-42-49(3,4)5)57-48(51)41-39-37-35-33-31-29-26-21-19-17-15-13-11-9-7-2/h8,10,14,16-17,19-20,22,24-25,28,30,46H,6-7,9,11-13,15,18,21,23,26-27,29,31-45H2,1-5H3/b10-8+,16-14+,19-17+,22-20+,25-24+,30-28+/t46-/m1/s1. The molecular formula is C48H84NO8P. The van der Waals surface area contributed by atoms with Gasteiger partial charge in [0.25, 0.3) is 7.82 Å². The number of unbranched alkanes of at least 4 members (excludes halogenated alkanes) is 14. The summed E-state index contributed by atoms with van der Waals surface area (Å²) in [6, 6.07) is 0. The third-order valence-electron chi connectivity index (χ3n) is 9.21. The molecule has 0 aliphatic carbocycles. The number of hydrogen-bond acceptors (Lipinski definition) is 8. The summed E-state index contributed by atoms with van der Waals surface area (Å²) in [6.07, 6.45) is 49.2. The monoisotopic (exact) mass is 834 g/mol. The molecule has 1 unspecified atom stereocenters. The molecule has 0 spiro atoms. The largest absolute Gasteiger partial charge is 0.756 e. The maximum Gasteiger partial charge on any atom is 0.306 e. The summed E-state index contributed by atoms with van der Waals surface area (Å²) in [5.41, 5.74) is 0. The maximum atomic E-state index is 12.7. The number of allylic oxidation sites excluding steroid dienone is 12. The van der Waals surface area contributed by atoms with Crippen molar-refractivity contribution in [2.45, 2.75) is 174 Å². The van der Waals surface area contributed by atoms with Gasteiger partial charge >= 0.3 is 11.9 Å². The van der Waals surface area contributed by atoms with E-state index in [1.54, 1.807) is 0 Å². The Labute approximate surface area is 355 Å². The van der Waals surface area contributed by atoms with Crippen molar-refractivity contribution in [1.82, 2.24) is 0 Å². The predicted molar refractivity (Wildman–Crippen MR) is 240 cm³/mol. The van der Waals surface area contributed by atoms with E-state index in [4.69, 9.17) is 18.5 Å². The number of nitrogens with zero attached hydrogens (tertiary/aromatic N) is 1. The molecule has 58 heavy (non-hydrogen) atoms. The second-order valence-electron chi connectivity index (χ2n) is 16.0. The first kappa shape index (κ1) is 55.5. The SMILES string of the molecule is CC/C=C/C/C=C/C/C=C/C/C=C/C/C=C/CCCCCC(=O)OC[C@H](COP(=O)([O-])OCC[N+](C)(C)C)OC(=O)CCCCCCCCC/C=C/CCCCCC. The molecule has 0 radical (unpaired) electrons. The topological polar surface area (TPSA) is 111 Å². The second kappa shape index (κ2) is 39.9. The lowest BCUT2D eigenvalue weighted by molar-refractivity contribution is -0.870. The van der Waals surface area contributed by atoms with Gasteiger partial charge in [-0.1, -0.05) is 145 Å². The average Bonchev–Trinajstić information content (AvgIpc) is 3.17. The number of phosphoric acid groups is 1. The quantitative estimate of drug-likeness (QED) is 0.0197. The molecule has 0 saturated carbocycles. The van der Waals surface area contributed by atoms with Crippen LogP contribution in [0.25, 0.3) is 0 Å². The van der Waals surface area contributed by atoms with Crippen LogP contribution in [0.3, 0.4) is 0 Å². The van der Waals surface area contributed by atoms with Crippen molar-refractivity contribution in [2.24, 2.45) is 0 Å². The fourth-order valence-corrected chi connectivity index (χ4v) is 6.40. The molecule has 0 N–H and O–H groups in total. The van der Waals surface area contributed by atoms with E-state index in [1.165, 1.54) is 51.4 Å². The van der Waals surface area contributed by atoms with E-state index in [0.717, 1.165) is 77.0 Å². The van der Waals surface area contributed by atoms with E-state index in [-0.39, 0.29) is 26.1 Å². The van der Waals surface area contributed by atoms with Crippen molar-refractivity contribution in [3.63, 3.8) is 0 Å². The van der Waals surface area contributed by atoms with Crippen molar-refractivity contribution in [1.29, 1.82) is 0 Å². The lowest BCUT2D eigenvalue weighted by Crippen LogP contribution is -2.37. The number of phosphoric ester groups is 1. The summed E-state index contributed by atoms with van der Waals surface area (Å²) in [4.78, 5) is 37.6. The van der Waals surface area contributed by atoms with Gasteiger partial charge in [-0.15, -0.1) is 0 Å². The molecule has 0 aromatic heterocycles. The van der Waals surface area contributed by atoms with E-state index < -0.39 is 32.5 Å². The zero-order chi connectivity index (χ0) is 42.8. The normalized spacial score (nSPS) is 14.2. The first-order chi connectivity index (χ1) is 28.0. The number of carbonyl (C=O) groups excluding carboxylic acids is 2. The van der Waals surface area contributed by atoms with Crippen LogP contribution in [0.15, 0.2) is 72.9 Å². The molecule has 0 aromatic rings. The highest BCUT2D eigenvalue weighted by Crippen LogP contribution is 2.38. The number of rotatable bonds is 40. The van der Waals surface area contributed by atoms with Crippen molar-refractivity contribution in [3.05, 3.63) is 72.9 Å². The Bertz CT molecular complexity index is 1220. The molecule has 10 heteroatoms. The van der Waals surface area contributed by atoms with Crippen LogP contribution >= 0.6 is 7.82 Å². The van der Waals surface area contributed by atoms with Crippen LogP contribution in [0.2, 0.25) is 0 Å². The lowest BCUT2D eigenvalue weighted by Gasteiger charge is -2.28. The summed E-state index contributed by atoms with van der Waals surface area (Å²) in [6.45, 7) is 4.04. The number of likely N-dealkylation sites (N-methyl/N-ethyl adjacent to an activating group) is 1. The van der Waals surface area contributed by atoms with Gasteiger partial charge in [0.2, 0.25) is 0 Å². The smallest absolute Gasteiger partial charge is 0.306 e. The van der Waals surface area contributed by atoms with Crippen LogP contribution in [0.4, 0.5) is 0 Å². The maximum absolute atomic E-state index is 12.7. The van der Waals surface area contributed by atoms with Gasteiger partial charge in [0, 0.05) is 12.8 Å². The Morgan fingerprint density at radius 1 is 0.552 bits per heavy atom. The highest BCUT2D eigenvalue weighted by molar-refractivity contribution is 7.45. The molecule has 0 rings (SSSR count). The minimum Gasteiger partial charge on any atom is -0.756 e. The summed E-state index contributed by atoms with van der Waals surface area (Å²) in [7, 11) is 1.13. The highest BCUT2D eigenvalue weighted by Gasteiger charge is 2.21. The van der Waals surface area contributed by atoms with Crippen LogP contribution in [-0.2, 0) is 32.7 Å². The molecule has 334 valence electrons. The molecular weight excluding hydrogens is 750 g/mol. The zero-order valence-corrected chi connectivity index (χ0v) is 38.4. The van der Waals surface area contributed by atoms with E-state index in [0.29, 0.717) is 23.9 Å². The summed E-state index contributed by atoms with van der Waals surface area (Å²) >= 11 is 0. The summed E-state index contributed by atoms with van der Waals surface area (Å²) in [5, 5.41) is 0. The molecule has 0 aliphatic rings. The minimum absolute atomic E-state index is 0.0406.